The molecule has 2 aromatic carbocycles. The Bertz CT molecular complexity index is 940. The minimum atomic E-state index is -0.365. The van der Waals surface area contributed by atoms with Gasteiger partial charge in [0.05, 0.1) is 19.8 Å². The van der Waals surface area contributed by atoms with Crippen LogP contribution in [-0.2, 0) is 27.4 Å². The summed E-state index contributed by atoms with van der Waals surface area (Å²) >= 11 is 0. The van der Waals surface area contributed by atoms with E-state index in [1.54, 1.807) is 7.11 Å². The first-order valence-electron chi connectivity index (χ1n) is 11.9. The van der Waals surface area contributed by atoms with Gasteiger partial charge in [-0.3, -0.25) is 9.59 Å². The van der Waals surface area contributed by atoms with Crippen LogP contribution in [0.2, 0.25) is 0 Å². The fourth-order valence-electron chi connectivity index (χ4n) is 4.92. The van der Waals surface area contributed by atoms with Crippen molar-refractivity contribution in [1.29, 1.82) is 0 Å². The van der Waals surface area contributed by atoms with E-state index in [9.17, 15) is 9.59 Å². The minimum Gasteiger partial charge on any atom is -0.497 e. The standard InChI is InChI=1S/C27H34N2O4/c1-32-24-9-5-8-22(18-24)19-27(14-10-25(30)28-27)15-11-26(31)29-16-12-23(13-17-29)33-20-21-6-3-2-4-7-21/h2-9,18,23H,10-17,19-20H2,1H3,(H,28,30)/t27-/m0/s1. The maximum absolute atomic E-state index is 13.0. The van der Waals surface area contributed by atoms with Crippen LogP contribution >= 0.6 is 0 Å². The molecule has 0 radical (unpaired) electrons. The van der Waals surface area contributed by atoms with E-state index < -0.39 is 0 Å². The zero-order valence-corrected chi connectivity index (χ0v) is 19.4. The van der Waals surface area contributed by atoms with E-state index >= 15 is 0 Å². The number of nitrogens with one attached hydrogen (secondary N) is 1. The van der Waals surface area contributed by atoms with Crippen LogP contribution in [-0.4, -0.2) is 48.6 Å². The second kappa shape index (κ2) is 10.8. The smallest absolute Gasteiger partial charge is 0.222 e. The Morgan fingerprint density at radius 3 is 2.55 bits per heavy atom. The molecule has 176 valence electrons. The number of benzene rings is 2. The number of carbonyl (C=O) groups excluding carboxylic acids is 2. The number of hydrogen-bond donors (Lipinski definition) is 1. The fraction of sp³-hybridized carbons (Fsp3) is 0.481. The average Bonchev–Trinajstić information content (AvgIpc) is 3.22. The maximum Gasteiger partial charge on any atom is 0.222 e. The normalized spacial score (nSPS) is 21.1. The Morgan fingerprint density at radius 2 is 1.85 bits per heavy atom. The first kappa shape index (κ1) is 23.3. The van der Waals surface area contributed by atoms with Crippen LogP contribution in [0.4, 0.5) is 0 Å². The number of methoxy groups -OCH3 is 1. The van der Waals surface area contributed by atoms with Crippen LogP contribution in [0, 0.1) is 0 Å². The van der Waals surface area contributed by atoms with Gasteiger partial charge < -0.3 is 19.7 Å². The van der Waals surface area contributed by atoms with Crippen molar-refractivity contribution in [2.45, 2.75) is 63.2 Å². The van der Waals surface area contributed by atoms with Crippen molar-refractivity contribution in [1.82, 2.24) is 10.2 Å². The molecule has 0 bridgehead atoms. The molecule has 2 fully saturated rings. The molecular formula is C27H34N2O4. The number of nitrogens with zero attached hydrogens (tertiary/aromatic N) is 1. The Hall–Kier alpha value is -2.86. The third kappa shape index (κ3) is 6.35. The van der Waals surface area contributed by atoms with Gasteiger partial charge in [-0.25, -0.2) is 0 Å². The van der Waals surface area contributed by atoms with E-state index in [0.717, 1.165) is 43.7 Å². The Labute approximate surface area is 196 Å². The van der Waals surface area contributed by atoms with Crippen LogP contribution in [0.25, 0.3) is 0 Å². The van der Waals surface area contributed by atoms with Gasteiger partial charge in [-0.05, 0) is 55.4 Å². The van der Waals surface area contributed by atoms with E-state index in [1.165, 1.54) is 5.56 Å². The van der Waals surface area contributed by atoms with E-state index in [4.69, 9.17) is 9.47 Å². The van der Waals surface area contributed by atoms with Gasteiger partial charge in [0.25, 0.3) is 0 Å². The van der Waals surface area contributed by atoms with Gasteiger partial charge in [0, 0.05) is 31.5 Å². The summed E-state index contributed by atoms with van der Waals surface area (Å²) in [5, 5.41) is 3.18. The van der Waals surface area contributed by atoms with Crippen molar-refractivity contribution in [3.63, 3.8) is 0 Å². The van der Waals surface area contributed by atoms with Gasteiger partial charge in [-0.15, -0.1) is 0 Å². The highest BCUT2D eigenvalue weighted by Crippen LogP contribution is 2.31. The highest BCUT2D eigenvalue weighted by molar-refractivity contribution is 5.80. The van der Waals surface area contributed by atoms with E-state index in [0.29, 0.717) is 32.3 Å². The second-order valence-electron chi connectivity index (χ2n) is 9.23. The molecule has 2 aliphatic rings. The lowest BCUT2D eigenvalue weighted by molar-refractivity contribution is -0.134. The Morgan fingerprint density at radius 1 is 1.09 bits per heavy atom. The molecule has 1 N–H and O–H groups in total. The zero-order valence-electron chi connectivity index (χ0n) is 19.4. The molecule has 6 nitrogen and oxygen atoms in total. The third-order valence-electron chi connectivity index (χ3n) is 6.85. The molecule has 0 unspecified atom stereocenters. The van der Waals surface area contributed by atoms with E-state index in [1.807, 2.05) is 41.3 Å². The summed E-state index contributed by atoms with van der Waals surface area (Å²) < 4.78 is 11.4. The molecule has 2 saturated heterocycles. The van der Waals surface area contributed by atoms with Gasteiger partial charge in [0.1, 0.15) is 5.75 Å². The lowest BCUT2D eigenvalue weighted by Gasteiger charge is -2.34. The van der Waals surface area contributed by atoms with Crippen LogP contribution in [0.3, 0.4) is 0 Å². The van der Waals surface area contributed by atoms with Crippen molar-refractivity contribution in [2.24, 2.45) is 0 Å². The van der Waals surface area contributed by atoms with Gasteiger partial charge in [0.2, 0.25) is 11.8 Å². The molecule has 2 amide bonds. The number of rotatable bonds is 9. The number of carbonyl (C=O) groups is 2. The van der Waals surface area contributed by atoms with Gasteiger partial charge in [0.15, 0.2) is 0 Å². The molecule has 2 aromatic rings. The first-order chi connectivity index (χ1) is 16.0. The van der Waals surface area contributed by atoms with Crippen molar-refractivity contribution in [3.8, 4) is 5.75 Å². The van der Waals surface area contributed by atoms with Gasteiger partial charge >= 0.3 is 0 Å². The molecule has 0 spiro atoms. The zero-order chi connectivity index (χ0) is 23.1. The molecular weight excluding hydrogens is 416 g/mol. The highest BCUT2D eigenvalue weighted by atomic mass is 16.5. The number of amides is 2. The molecule has 1 atom stereocenters. The first-order valence-corrected chi connectivity index (χ1v) is 11.9. The fourth-order valence-corrected chi connectivity index (χ4v) is 4.92. The topological polar surface area (TPSA) is 67.9 Å². The summed E-state index contributed by atoms with van der Waals surface area (Å²) in [5.41, 5.74) is 1.92. The van der Waals surface area contributed by atoms with E-state index in [2.05, 4.69) is 23.5 Å². The predicted molar refractivity (Wildman–Crippen MR) is 127 cm³/mol. The molecule has 4 rings (SSSR count). The predicted octanol–water partition coefficient (Wildman–Crippen LogP) is 3.87. The summed E-state index contributed by atoms with van der Waals surface area (Å²) in [7, 11) is 1.65. The minimum absolute atomic E-state index is 0.0710. The number of piperidine rings is 1. The quantitative estimate of drug-likeness (QED) is 0.630. The Kier molecular flexibility index (Phi) is 7.65. The monoisotopic (exact) mass is 450 g/mol. The molecule has 0 saturated carbocycles. The summed E-state index contributed by atoms with van der Waals surface area (Å²) in [6.45, 7) is 2.08. The maximum atomic E-state index is 13.0. The number of hydrogen-bond acceptors (Lipinski definition) is 4. The summed E-state index contributed by atoms with van der Waals surface area (Å²) in [6.07, 6.45) is 5.00. The second-order valence-corrected chi connectivity index (χ2v) is 9.23. The van der Waals surface area contributed by atoms with E-state index in [-0.39, 0.29) is 23.5 Å². The molecule has 2 aliphatic heterocycles. The SMILES string of the molecule is COc1cccc(C[C@@]2(CCC(=O)N3CCC(OCc4ccccc4)CC3)CCC(=O)N2)c1. The van der Waals surface area contributed by atoms with Crippen LogP contribution in [0.5, 0.6) is 5.75 Å². The lowest BCUT2D eigenvalue weighted by Crippen LogP contribution is -2.46. The molecule has 6 heteroatoms. The van der Waals surface area contributed by atoms with Crippen molar-refractivity contribution in [3.05, 3.63) is 65.7 Å². The molecule has 2 heterocycles. The molecule has 0 aliphatic carbocycles. The summed E-state index contributed by atoms with van der Waals surface area (Å²) in [6, 6.07) is 18.1. The summed E-state index contributed by atoms with van der Waals surface area (Å²) in [4.78, 5) is 27.0. The number of likely N-dealkylation sites (tertiary alicyclic amines) is 1. The van der Waals surface area contributed by atoms with Crippen LogP contribution in [0.15, 0.2) is 54.6 Å². The van der Waals surface area contributed by atoms with Crippen LogP contribution < -0.4 is 10.1 Å². The van der Waals surface area contributed by atoms with Crippen molar-refractivity contribution in [2.75, 3.05) is 20.2 Å². The molecule has 33 heavy (non-hydrogen) atoms. The van der Waals surface area contributed by atoms with Crippen LogP contribution in [0.1, 0.15) is 49.7 Å². The largest absolute Gasteiger partial charge is 0.497 e. The summed E-state index contributed by atoms with van der Waals surface area (Å²) in [5.74, 6) is 1.05. The van der Waals surface area contributed by atoms with Crippen molar-refractivity contribution < 1.29 is 19.1 Å². The number of ether oxygens (including phenoxy) is 2. The third-order valence-corrected chi connectivity index (χ3v) is 6.85. The van der Waals surface area contributed by atoms with Crippen molar-refractivity contribution >= 4 is 11.8 Å². The molecule has 0 aromatic heterocycles. The lowest BCUT2D eigenvalue weighted by atomic mass is 9.84. The Balaban J connectivity index is 1.27. The van der Waals surface area contributed by atoms with Gasteiger partial charge in [-0.2, -0.15) is 0 Å². The van der Waals surface area contributed by atoms with Gasteiger partial charge in [-0.1, -0.05) is 42.5 Å². The highest BCUT2D eigenvalue weighted by Gasteiger charge is 2.38. The average molecular weight is 451 g/mol.